The third-order valence-electron chi connectivity index (χ3n) is 3.25. The fourth-order valence-electron chi connectivity index (χ4n) is 2.21. The summed E-state index contributed by atoms with van der Waals surface area (Å²) in [4.78, 5) is 11.3. The van der Waals surface area contributed by atoms with Gasteiger partial charge in [-0.1, -0.05) is 12.1 Å². The summed E-state index contributed by atoms with van der Waals surface area (Å²) >= 11 is 0. The van der Waals surface area contributed by atoms with Gasteiger partial charge in [0.1, 0.15) is 11.5 Å². The van der Waals surface area contributed by atoms with Crippen LogP contribution in [0.15, 0.2) is 54.7 Å². The van der Waals surface area contributed by atoms with E-state index in [4.69, 9.17) is 0 Å². The average Bonchev–Trinajstić information content (AvgIpc) is 2.92. The van der Waals surface area contributed by atoms with Crippen molar-refractivity contribution in [3.63, 3.8) is 0 Å². The Hall–Kier alpha value is -2.75. The van der Waals surface area contributed by atoms with Crippen LogP contribution in [0.3, 0.4) is 0 Å². The lowest BCUT2D eigenvalue weighted by molar-refractivity contribution is 0.112. The molecular weight excluding hydrogens is 267 g/mol. The van der Waals surface area contributed by atoms with Crippen molar-refractivity contribution in [2.24, 2.45) is 0 Å². The number of aromatic nitrogens is 2. The minimum Gasteiger partial charge on any atom is -0.298 e. The smallest absolute Gasteiger partial charge is 0.153 e. The van der Waals surface area contributed by atoms with Gasteiger partial charge in [0.25, 0.3) is 0 Å². The highest BCUT2D eigenvalue weighted by molar-refractivity contribution is 5.85. The lowest BCUT2D eigenvalue weighted by Crippen LogP contribution is -1.95. The number of hydrogen-bond donors (Lipinski definition) is 0. The van der Waals surface area contributed by atoms with Crippen molar-refractivity contribution in [2.75, 3.05) is 0 Å². The zero-order valence-corrected chi connectivity index (χ0v) is 11.5. The van der Waals surface area contributed by atoms with E-state index in [1.54, 1.807) is 23.0 Å². The normalized spacial score (nSPS) is 10.6. The number of aryl methyl sites for hydroxylation is 1. The van der Waals surface area contributed by atoms with Gasteiger partial charge in [-0.3, -0.25) is 4.79 Å². The topological polar surface area (TPSA) is 34.9 Å². The first-order valence-corrected chi connectivity index (χ1v) is 6.55. The van der Waals surface area contributed by atoms with E-state index in [1.807, 2.05) is 31.2 Å². The summed E-state index contributed by atoms with van der Waals surface area (Å²) in [6, 6.07) is 13.8. The van der Waals surface area contributed by atoms with E-state index in [0.717, 1.165) is 17.5 Å². The quantitative estimate of drug-likeness (QED) is 0.684. The van der Waals surface area contributed by atoms with Crippen molar-refractivity contribution in [3.05, 3.63) is 71.7 Å². The molecule has 3 aromatic rings. The van der Waals surface area contributed by atoms with E-state index < -0.39 is 0 Å². The van der Waals surface area contributed by atoms with Crippen molar-refractivity contribution in [3.8, 4) is 16.9 Å². The molecule has 0 spiro atoms. The summed E-state index contributed by atoms with van der Waals surface area (Å²) in [5.41, 5.74) is 3.73. The number of rotatable bonds is 3. The molecule has 4 heteroatoms. The maximum atomic E-state index is 13.0. The van der Waals surface area contributed by atoms with Crippen LogP contribution in [0.2, 0.25) is 0 Å². The van der Waals surface area contributed by atoms with Crippen molar-refractivity contribution >= 4 is 6.29 Å². The van der Waals surface area contributed by atoms with Gasteiger partial charge in [-0.25, -0.2) is 9.07 Å². The molecule has 0 aliphatic heterocycles. The molecule has 0 atom stereocenters. The summed E-state index contributed by atoms with van der Waals surface area (Å²) in [5.74, 6) is -0.315. The van der Waals surface area contributed by atoms with E-state index in [2.05, 4.69) is 5.10 Å². The number of hydrogen-bond acceptors (Lipinski definition) is 2. The molecule has 1 aromatic heterocycles. The van der Waals surface area contributed by atoms with E-state index in [1.165, 1.54) is 12.1 Å². The maximum Gasteiger partial charge on any atom is 0.153 e. The zero-order chi connectivity index (χ0) is 14.8. The Kier molecular flexibility index (Phi) is 3.36. The number of halogens is 1. The van der Waals surface area contributed by atoms with Gasteiger partial charge in [-0.05, 0) is 48.9 Å². The summed E-state index contributed by atoms with van der Waals surface area (Å²) in [6.45, 7) is 1.99. The maximum absolute atomic E-state index is 13.0. The van der Waals surface area contributed by atoms with Crippen LogP contribution in [0.5, 0.6) is 0 Å². The first kappa shape index (κ1) is 13.2. The van der Waals surface area contributed by atoms with E-state index in [-0.39, 0.29) is 5.82 Å². The summed E-state index contributed by atoms with van der Waals surface area (Å²) in [6.07, 6.45) is 2.44. The average molecular weight is 280 g/mol. The molecule has 0 saturated carbocycles. The van der Waals surface area contributed by atoms with Crippen LogP contribution in [0.1, 0.15) is 15.9 Å². The third kappa shape index (κ3) is 2.60. The molecule has 3 rings (SSSR count). The Labute approximate surface area is 121 Å². The van der Waals surface area contributed by atoms with Gasteiger partial charge in [0, 0.05) is 11.8 Å². The van der Waals surface area contributed by atoms with Crippen molar-refractivity contribution in [1.82, 2.24) is 9.78 Å². The van der Waals surface area contributed by atoms with Gasteiger partial charge < -0.3 is 0 Å². The SMILES string of the molecule is Cc1cccc(-n2cc(C=O)c(-c3ccc(F)cc3)n2)c1. The molecule has 0 unspecified atom stereocenters. The van der Waals surface area contributed by atoms with E-state index in [9.17, 15) is 9.18 Å². The van der Waals surface area contributed by atoms with Crippen molar-refractivity contribution in [1.29, 1.82) is 0 Å². The monoisotopic (exact) mass is 280 g/mol. The van der Waals surface area contributed by atoms with Crippen LogP contribution in [-0.2, 0) is 0 Å². The molecule has 0 N–H and O–H groups in total. The Morgan fingerprint density at radius 3 is 2.57 bits per heavy atom. The summed E-state index contributed by atoms with van der Waals surface area (Å²) in [5, 5.41) is 4.46. The van der Waals surface area contributed by atoms with Gasteiger partial charge in [0.05, 0.1) is 11.3 Å². The van der Waals surface area contributed by atoms with Crippen molar-refractivity contribution in [2.45, 2.75) is 6.92 Å². The molecular formula is C17H13FN2O. The summed E-state index contributed by atoms with van der Waals surface area (Å²) < 4.78 is 14.7. The standard InChI is InChI=1S/C17H13FN2O/c1-12-3-2-4-16(9-12)20-10-14(11-21)17(19-20)13-5-7-15(18)8-6-13/h2-11H,1H3. The first-order valence-electron chi connectivity index (χ1n) is 6.55. The lowest BCUT2D eigenvalue weighted by atomic mass is 10.1. The minimum absolute atomic E-state index is 0.315. The second-order valence-electron chi connectivity index (χ2n) is 4.84. The molecule has 0 fully saturated rings. The predicted octanol–water partition coefficient (Wildman–Crippen LogP) is 3.80. The first-order chi connectivity index (χ1) is 10.2. The third-order valence-corrected chi connectivity index (χ3v) is 3.25. The Morgan fingerprint density at radius 2 is 1.90 bits per heavy atom. The molecule has 0 amide bonds. The van der Waals surface area contributed by atoms with E-state index >= 15 is 0 Å². The molecule has 2 aromatic carbocycles. The van der Waals surface area contributed by atoms with Gasteiger partial charge in [0.2, 0.25) is 0 Å². The second-order valence-corrected chi connectivity index (χ2v) is 4.84. The highest BCUT2D eigenvalue weighted by atomic mass is 19.1. The van der Waals surface area contributed by atoms with Gasteiger partial charge >= 0.3 is 0 Å². The van der Waals surface area contributed by atoms with E-state index in [0.29, 0.717) is 16.8 Å². The summed E-state index contributed by atoms with van der Waals surface area (Å²) in [7, 11) is 0. The fraction of sp³-hybridized carbons (Fsp3) is 0.0588. The highest BCUT2D eigenvalue weighted by Gasteiger charge is 2.11. The molecule has 1 heterocycles. The molecule has 0 aliphatic rings. The lowest BCUT2D eigenvalue weighted by Gasteiger charge is -2.02. The fourth-order valence-corrected chi connectivity index (χ4v) is 2.21. The van der Waals surface area contributed by atoms with Crippen LogP contribution in [-0.4, -0.2) is 16.1 Å². The number of carbonyl (C=O) groups excluding carboxylic acids is 1. The number of aldehydes is 1. The molecule has 0 aliphatic carbocycles. The van der Waals surface area contributed by atoms with Crippen LogP contribution < -0.4 is 0 Å². The van der Waals surface area contributed by atoms with Crippen LogP contribution in [0, 0.1) is 12.7 Å². The highest BCUT2D eigenvalue weighted by Crippen LogP contribution is 2.23. The van der Waals surface area contributed by atoms with Gasteiger partial charge in [0.15, 0.2) is 6.29 Å². The molecule has 21 heavy (non-hydrogen) atoms. The number of nitrogens with zero attached hydrogens (tertiary/aromatic N) is 2. The molecule has 0 saturated heterocycles. The molecule has 0 radical (unpaired) electrons. The number of carbonyl (C=O) groups is 1. The predicted molar refractivity (Wildman–Crippen MR) is 79.1 cm³/mol. The largest absolute Gasteiger partial charge is 0.298 e. The van der Waals surface area contributed by atoms with Crippen LogP contribution in [0.4, 0.5) is 4.39 Å². The molecule has 0 bridgehead atoms. The molecule has 104 valence electrons. The number of benzene rings is 2. The molecule has 3 nitrogen and oxygen atoms in total. The second kappa shape index (κ2) is 5.32. The Bertz CT molecular complexity index is 791. The minimum atomic E-state index is -0.315. The zero-order valence-electron chi connectivity index (χ0n) is 11.5. The van der Waals surface area contributed by atoms with Crippen LogP contribution in [0.25, 0.3) is 16.9 Å². The van der Waals surface area contributed by atoms with Gasteiger partial charge in [-0.15, -0.1) is 0 Å². The Balaban J connectivity index is 2.10. The van der Waals surface area contributed by atoms with Crippen molar-refractivity contribution < 1.29 is 9.18 Å². The van der Waals surface area contributed by atoms with Crippen LogP contribution >= 0.6 is 0 Å². The Morgan fingerprint density at radius 1 is 1.14 bits per heavy atom. The van der Waals surface area contributed by atoms with Gasteiger partial charge in [-0.2, -0.15) is 5.10 Å².